The Kier molecular flexibility index (Phi) is 4.03. The van der Waals surface area contributed by atoms with Gasteiger partial charge in [0.2, 0.25) is 0 Å². The first-order valence-electron chi connectivity index (χ1n) is 8.02. The van der Waals surface area contributed by atoms with Crippen molar-refractivity contribution in [2.24, 2.45) is 0 Å². The zero-order valence-electron chi connectivity index (χ0n) is 13.4. The quantitative estimate of drug-likeness (QED) is 0.766. The van der Waals surface area contributed by atoms with Crippen molar-refractivity contribution in [3.8, 4) is 5.82 Å². The van der Waals surface area contributed by atoms with Crippen molar-refractivity contribution in [3.05, 3.63) is 48.7 Å². The maximum atomic E-state index is 12.3. The molecular formula is C16H16N8O. The zero-order valence-corrected chi connectivity index (χ0v) is 13.4. The van der Waals surface area contributed by atoms with Gasteiger partial charge in [-0.15, -0.1) is 10.2 Å². The van der Waals surface area contributed by atoms with Gasteiger partial charge in [0.1, 0.15) is 18.0 Å². The maximum Gasteiger partial charge on any atom is 0.277 e. The molecule has 0 aliphatic carbocycles. The minimum absolute atomic E-state index is 0.206. The van der Waals surface area contributed by atoms with Gasteiger partial charge >= 0.3 is 0 Å². The fourth-order valence-corrected chi connectivity index (χ4v) is 2.69. The van der Waals surface area contributed by atoms with Gasteiger partial charge in [-0.2, -0.15) is 5.10 Å². The molecule has 0 bridgehead atoms. The number of aromatic nitrogens is 6. The molecule has 0 aromatic carbocycles. The highest BCUT2D eigenvalue weighted by atomic mass is 16.2. The lowest BCUT2D eigenvalue weighted by Crippen LogP contribution is -2.20. The Bertz CT molecular complexity index is 856. The van der Waals surface area contributed by atoms with E-state index in [1.165, 1.54) is 6.33 Å². The van der Waals surface area contributed by atoms with Crippen LogP contribution in [0.25, 0.3) is 5.82 Å². The second-order valence-corrected chi connectivity index (χ2v) is 5.64. The summed E-state index contributed by atoms with van der Waals surface area (Å²) in [6.45, 7) is 1.95. The molecule has 0 atom stereocenters. The summed E-state index contributed by atoms with van der Waals surface area (Å²) < 4.78 is 1.57. The number of nitrogens with zero attached hydrogens (tertiary/aromatic N) is 7. The Morgan fingerprint density at radius 3 is 2.68 bits per heavy atom. The predicted molar refractivity (Wildman–Crippen MR) is 90.6 cm³/mol. The molecule has 3 aromatic rings. The normalized spacial score (nSPS) is 13.8. The van der Waals surface area contributed by atoms with Crippen LogP contribution >= 0.6 is 0 Å². The molecule has 1 fully saturated rings. The van der Waals surface area contributed by atoms with E-state index in [1.54, 1.807) is 41.3 Å². The van der Waals surface area contributed by atoms with Gasteiger partial charge in [0.25, 0.3) is 5.91 Å². The van der Waals surface area contributed by atoms with E-state index in [0.717, 1.165) is 31.7 Å². The summed E-state index contributed by atoms with van der Waals surface area (Å²) in [5.74, 6) is 1.44. The number of anilines is 2. The van der Waals surface area contributed by atoms with E-state index in [0.29, 0.717) is 11.6 Å². The summed E-state index contributed by atoms with van der Waals surface area (Å²) in [5.41, 5.74) is 0.206. The topological polar surface area (TPSA) is 102 Å². The zero-order chi connectivity index (χ0) is 17.1. The Labute approximate surface area is 143 Å². The number of carbonyl (C=O) groups excluding carboxylic acids is 1. The van der Waals surface area contributed by atoms with Gasteiger partial charge in [0.05, 0.1) is 0 Å². The molecule has 4 heterocycles. The minimum Gasteiger partial charge on any atom is -0.356 e. The molecule has 1 saturated heterocycles. The van der Waals surface area contributed by atoms with Crippen LogP contribution in [0, 0.1) is 0 Å². The molecule has 0 saturated carbocycles. The molecular weight excluding hydrogens is 320 g/mol. The van der Waals surface area contributed by atoms with Crippen LogP contribution in [-0.2, 0) is 0 Å². The average Bonchev–Trinajstić information content (AvgIpc) is 3.36. The number of hydrogen-bond acceptors (Lipinski definition) is 7. The van der Waals surface area contributed by atoms with Crippen LogP contribution in [0.4, 0.5) is 11.6 Å². The largest absolute Gasteiger partial charge is 0.356 e. The highest BCUT2D eigenvalue weighted by Crippen LogP contribution is 2.19. The standard InChI is InChI=1S/C16H16N8O/c25-16(12-4-5-14(22-21-12)24-9-3-6-19-24)20-13-10-15(18-11-17-13)23-7-1-2-8-23/h3-6,9-11H,1-2,7-8H2,(H,17,18,20,25). The first-order chi connectivity index (χ1) is 12.3. The average molecular weight is 336 g/mol. The number of nitrogens with one attached hydrogen (secondary N) is 1. The Hall–Kier alpha value is -3.36. The van der Waals surface area contributed by atoms with Crippen LogP contribution in [-0.4, -0.2) is 48.9 Å². The molecule has 1 amide bonds. The van der Waals surface area contributed by atoms with Crippen molar-refractivity contribution < 1.29 is 4.79 Å². The van der Waals surface area contributed by atoms with Crippen molar-refractivity contribution >= 4 is 17.5 Å². The predicted octanol–water partition coefficient (Wildman–Crippen LogP) is 1.30. The maximum absolute atomic E-state index is 12.3. The Balaban J connectivity index is 1.47. The lowest BCUT2D eigenvalue weighted by molar-refractivity contribution is 0.102. The Morgan fingerprint density at radius 1 is 1.08 bits per heavy atom. The van der Waals surface area contributed by atoms with E-state index < -0.39 is 0 Å². The molecule has 0 unspecified atom stereocenters. The molecule has 1 aliphatic heterocycles. The second kappa shape index (κ2) is 6.63. The first kappa shape index (κ1) is 15.2. The van der Waals surface area contributed by atoms with Crippen LogP contribution in [0.5, 0.6) is 0 Å². The molecule has 1 N–H and O–H groups in total. The van der Waals surface area contributed by atoms with Gasteiger partial charge < -0.3 is 10.2 Å². The molecule has 0 radical (unpaired) electrons. The fourth-order valence-electron chi connectivity index (χ4n) is 2.69. The van der Waals surface area contributed by atoms with Crippen LogP contribution in [0.15, 0.2) is 43.0 Å². The van der Waals surface area contributed by atoms with Gasteiger partial charge in [0, 0.05) is 31.5 Å². The fraction of sp³-hybridized carbons (Fsp3) is 0.250. The van der Waals surface area contributed by atoms with Gasteiger partial charge in [-0.3, -0.25) is 4.79 Å². The van der Waals surface area contributed by atoms with Crippen LogP contribution in [0.3, 0.4) is 0 Å². The van der Waals surface area contributed by atoms with Crippen LogP contribution < -0.4 is 10.2 Å². The van der Waals surface area contributed by atoms with E-state index in [1.807, 2.05) is 0 Å². The third-order valence-electron chi connectivity index (χ3n) is 3.95. The number of amides is 1. The van der Waals surface area contributed by atoms with Gasteiger partial charge in [0.15, 0.2) is 11.5 Å². The van der Waals surface area contributed by atoms with E-state index in [-0.39, 0.29) is 11.6 Å². The molecule has 126 valence electrons. The summed E-state index contributed by atoms with van der Waals surface area (Å²) in [4.78, 5) is 22.9. The molecule has 0 spiro atoms. The van der Waals surface area contributed by atoms with Crippen molar-refractivity contribution in [1.82, 2.24) is 29.9 Å². The van der Waals surface area contributed by atoms with Crippen LogP contribution in [0.1, 0.15) is 23.3 Å². The summed E-state index contributed by atoms with van der Waals surface area (Å²) in [7, 11) is 0. The SMILES string of the molecule is O=C(Nc1cc(N2CCCC2)ncn1)c1ccc(-n2cccn2)nn1. The van der Waals surface area contributed by atoms with Gasteiger partial charge in [-0.25, -0.2) is 14.6 Å². The third kappa shape index (κ3) is 3.30. The molecule has 4 rings (SSSR count). The van der Waals surface area contributed by atoms with Crippen molar-refractivity contribution in [1.29, 1.82) is 0 Å². The van der Waals surface area contributed by atoms with Crippen LogP contribution in [0.2, 0.25) is 0 Å². The second-order valence-electron chi connectivity index (χ2n) is 5.64. The van der Waals surface area contributed by atoms with Crippen molar-refractivity contribution in [2.75, 3.05) is 23.3 Å². The van der Waals surface area contributed by atoms with E-state index in [9.17, 15) is 4.79 Å². The monoisotopic (exact) mass is 336 g/mol. The van der Waals surface area contributed by atoms with Gasteiger partial charge in [-0.1, -0.05) is 0 Å². The molecule has 3 aromatic heterocycles. The molecule has 9 heteroatoms. The third-order valence-corrected chi connectivity index (χ3v) is 3.95. The van der Waals surface area contributed by atoms with Gasteiger partial charge in [-0.05, 0) is 31.0 Å². The van der Waals surface area contributed by atoms with E-state index in [4.69, 9.17) is 0 Å². The summed E-state index contributed by atoms with van der Waals surface area (Å²) >= 11 is 0. The smallest absolute Gasteiger partial charge is 0.277 e. The van der Waals surface area contributed by atoms with E-state index >= 15 is 0 Å². The summed E-state index contributed by atoms with van der Waals surface area (Å²) in [5, 5.41) is 14.8. The summed E-state index contributed by atoms with van der Waals surface area (Å²) in [6, 6.07) is 6.84. The first-order valence-corrected chi connectivity index (χ1v) is 8.02. The highest BCUT2D eigenvalue weighted by Gasteiger charge is 2.15. The molecule has 1 aliphatic rings. The Morgan fingerprint density at radius 2 is 1.96 bits per heavy atom. The highest BCUT2D eigenvalue weighted by molar-refractivity contribution is 6.02. The number of rotatable bonds is 4. The molecule has 9 nitrogen and oxygen atoms in total. The summed E-state index contributed by atoms with van der Waals surface area (Å²) in [6.07, 6.45) is 7.17. The van der Waals surface area contributed by atoms with Crippen molar-refractivity contribution in [3.63, 3.8) is 0 Å². The lowest BCUT2D eigenvalue weighted by Gasteiger charge is -2.16. The van der Waals surface area contributed by atoms with Crippen molar-refractivity contribution in [2.45, 2.75) is 12.8 Å². The number of carbonyl (C=O) groups is 1. The number of hydrogen-bond donors (Lipinski definition) is 1. The molecule has 25 heavy (non-hydrogen) atoms. The van der Waals surface area contributed by atoms with E-state index in [2.05, 4.69) is 35.5 Å². The lowest BCUT2D eigenvalue weighted by atomic mass is 10.3. The minimum atomic E-state index is -0.370.